The Morgan fingerprint density at radius 3 is 2.69 bits per heavy atom. The van der Waals surface area contributed by atoms with Crippen LogP contribution in [0.25, 0.3) is 5.78 Å². The van der Waals surface area contributed by atoms with E-state index in [1.54, 1.807) is 16.6 Å². The summed E-state index contributed by atoms with van der Waals surface area (Å²) in [5.41, 5.74) is 3.03. The number of hydrogen-bond acceptors (Lipinski definition) is 7. The molecule has 0 aliphatic rings. The monoisotopic (exact) mass is 434 g/mol. The van der Waals surface area contributed by atoms with E-state index in [2.05, 4.69) is 25.1 Å². The second kappa shape index (κ2) is 8.47. The van der Waals surface area contributed by atoms with Gasteiger partial charge in [-0.05, 0) is 44.8 Å². The van der Waals surface area contributed by atoms with Gasteiger partial charge in [0.2, 0.25) is 21.1 Å². The SMILES string of the molecule is CNS(=O)(=O)c1cccc(CNC(=O)Cc2c(C)nc3nc(SC)nn3c2C)c1. The van der Waals surface area contributed by atoms with Crippen molar-refractivity contribution < 1.29 is 13.2 Å². The average Bonchev–Trinajstić information content (AvgIpc) is 3.13. The van der Waals surface area contributed by atoms with E-state index in [1.165, 1.54) is 30.9 Å². The van der Waals surface area contributed by atoms with Gasteiger partial charge < -0.3 is 5.32 Å². The average molecular weight is 435 g/mol. The van der Waals surface area contributed by atoms with Crippen LogP contribution in [-0.2, 0) is 27.8 Å². The van der Waals surface area contributed by atoms with Gasteiger partial charge >= 0.3 is 0 Å². The maximum atomic E-state index is 12.5. The van der Waals surface area contributed by atoms with E-state index in [-0.39, 0.29) is 23.8 Å². The van der Waals surface area contributed by atoms with Gasteiger partial charge in [0.1, 0.15) is 0 Å². The van der Waals surface area contributed by atoms with Crippen LogP contribution in [0.2, 0.25) is 0 Å². The number of sulfonamides is 1. The molecule has 0 atom stereocenters. The summed E-state index contributed by atoms with van der Waals surface area (Å²) < 4.78 is 27.8. The predicted molar refractivity (Wildman–Crippen MR) is 110 cm³/mol. The van der Waals surface area contributed by atoms with Crippen LogP contribution in [0.5, 0.6) is 0 Å². The fraction of sp³-hybridized carbons (Fsp3) is 0.333. The van der Waals surface area contributed by atoms with Crippen LogP contribution in [0.3, 0.4) is 0 Å². The molecule has 0 saturated carbocycles. The Morgan fingerprint density at radius 1 is 1.24 bits per heavy atom. The van der Waals surface area contributed by atoms with E-state index in [0.717, 1.165) is 17.0 Å². The lowest BCUT2D eigenvalue weighted by molar-refractivity contribution is -0.120. The van der Waals surface area contributed by atoms with Gasteiger partial charge in [-0.1, -0.05) is 23.9 Å². The van der Waals surface area contributed by atoms with Crippen molar-refractivity contribution in [3.8, 4) is 0 Å². The zero-order valence-corrected chi connectivity index (χ0v) is 18.2. The highest BCUT2D eigenvalue weighted by atomic mass is 32.2. The van der Waals surface area contributed by atoms with Crippen LogP contribution in [0.15, 0.2) is 34.3 Å². The Kier molecular flexibility index (Phi) is 6.20. The first kappa shape index (κ1) is 21.2. The summed E-state index contributed by atoms with van der Waals surface area (Å²) in [6.07, 6.45) is 2.03. The van der Waals surface area contributed by atoms with Crippen LogP contribution in [-0.4, -0.2) is 47.2 Å². The standard InChI is InChI=1S/C18H22N6O3S2/c1-11-15(12(2)24-17(21-11)22-18(23-24)28-4)9-16(25)20-10-13-6-5-7-14(8-13)29(26,27)19-3/h5-8,19H,9-10H2,1-4H3,(H,20,25). The minimum absolute atomic E-state index is 0.142. The van der Waals surface area contributed by atoms with Gasteiger partial charge in [0, 0.05) is 23.5 Å². The lowest BCUT2D eigenvalue weighted by Crippen LogP contribution is -2.26. The largest absolute Gasteiger partial charge is 0.352 e. The smallest absolute Gasteiger partial charge is 0.253 e. The number of benzene rings is 1. The molecule has 2 N–H and O–H groups in total. The fourth-order valence-corrected chi connectivity index (χ4v) is 4.03. The number of carbonyl (C=O) groups is 1. The number of aryl methyl sites for hydroxylation is 2. The van der Waals surface area contributed by atoms with Gasteiger partial charge in [0.05, 0.1) is 11.3 Å². The van der Waals surface area contributed by atoms with Crippen molar-refractivity contribution in [2.75, 3.05) is 13.3 Å². The molecule has 0 spiro atoms. The van der Waals surface area contributed by atoms with Gasteiger partial charge in [-0.2, -0.15) is 4.98 Å². The number of hydrogen-bond donors (Lipinski definition) is 2. The number of amides is 1. The van der Waals surface area contributed by atoms with E-state index in [1.807, 2.05) is 20.1 Å². The Bertz CT molecular complexity index is 1170. The molecule has 154 valence electrons. The Morgan fingerprint density at radius 2 is 2.00 bits per heavy atom. The summed E-state index contributed by atoms with van der Waals surface area (Å²) in [6, 6.07) is 6.45. The summed E-state index contributed by atoms with van der Waals surface area (Å²) in [5, 5.41) is 7.84. The highest BCUT2D eigenvalue weighted by Gasteiger charge is 2.16. The molecule has 3 aromatic rings. The molecule has 0 saturated heterocycles. The Labute approximate surface area is 173 Å². The van der Waals surface area contributed by atoms with Crippen molar-refractivity contribution in [2.45, 2.75) is 36.9 Å². The third-order valence-electron chi connectivity index (χ3n) is 4.52. The maximum Gasteiger partial charge on any atom is 0.253 e. The predicted octanol–water partition coefficient (Wildman–Crippen LogP) is 1.23. The molecule has 1 amide bonds. The second-order valence-corrected chi connectivity index (χ2v) is 9.04. The molecule has 1 aromatic carbocycles. The van der Waals surface area contributed by atoms with Gasteiger partial charge in [-0.25, -0.2) is 22.6 Å². The Balaban J connectivity index is 1.74. The van der Waals surface area contributed by atoms with Crippen molar-refractivity contribution in [1.29, 1.82) is 0 Å². The second-order valence-electron chi connectivity index (χ2n) is 6.38. The summed E-state index contributed by atoms with van der Waals surface area (Å²) in [4.78, 5) is 21.4. The number of thioether (sulfide) groups is 1. The summed E-state index contributed by atoms with van der Waals surface area (Å²) in [6.45, 7) is 3.95. The van der Waals surface area contributed by atoms with Gasteiger partial charge in [0.15, 0.2) is 0 Å². The third-order valence-corrected chi connectivity index (χ3v) is 6.47. The van der Waals surface area contributed by atoms with Crippen molar-refractivity contribution in [1.82, 2.24) is 29.6 Å². The number of rotatable bonds is 7. The molecular weight excluding hydrogens is 412 g/mol. The zero-order valence-electron chi connectivity index (χ0n) is 16.6. The van der Waals surface area contributed by atoms with Crippen molar-refractivity contribution in [2.24, 2.45) is 0 Å². The number of aromatic nitrogens is 4. The topological polar surface area (TPSA) is 118 Å². The van der Waals surface area contributed by atoms with Crippen molar-refractivity contribution in [3.05, 3.63) is 46.8 Å². The zero-order chi connectivity index (χ0) is 21.2. The van der Waals surface area contributed by atoms with E-state index in [0.29, 0.717) is 16.5 Å². The fourth-order valence-electron chi connectivity index (χ4n) is 2.90. The van der Waals surface area contributed by atoms with E-state index in [9.17, 15) is 13.2 Å². The van der Waals surface area contributed by atoms with E-state index >= 15 is 0 Å². The molecule has 0 unspecified atom stereocenters. The van der Waals surface area contributed by atoms with Gasteiger partial charge in [-0.3, -0.25) is 4.79 Å². The highest BCUT2D eigenvalue weighted by molar-refractivity contribution is 7.98. The molecule has 29 heavy (non-hydrogen) atoms. The molecule has 0 aliphatic heterocycles. The molecule has 3 rings (SSSR count). The summed E-state index contributed by atoms with van der Waals surface area (Å²) in [7, 11) is -2.17. The lowest BCUT2D eigenvalue weighted by Gasteiger charge is -2.11. The van der Waals surface area contributed by atoms with Gasteiger partial charge in [-0.15, -0.1) is 5.10 Å². The lowest BCUT2D eigenvalue weighted by atomic mass is 10.1. The van der Waals surface area contributed by atoms with Gasteiger partial charge in [0.25, 0.3) is 5.78 Å². The van der Waals surface area contributed by atoms with Crippen LogP contribution >= 0.6 is 11.8 Å². The van der Waals surface area contributed by atoms with E-state index < -0.39 is 10.0 Å². The highest BCUT2D eigenvalue weighted by Crippen LogP contribution is 2.17. The molecule has 0 fully saturated rings. The number of carbonyl (C=O) groups excluding carboxylic acids is 1. The van der Waals surface area contributed by atoms with Crippen molar-refractivity contribution >= 4 is 33.5 Å². The molecule has 9 nitrogen and oxygen atoms in total. The molecule has 2 heterocycles. The molecule has 11 heteroatoms. The quantitative estimate of drug-likeness (QED) is 0.537. The number of nitrogens with one attached hydrogen (secondary N) is 2. The molecular formula is C18H22N6O3S2. The van der Waals surface area contributed by atoms with Crippen LogP contribution in [0.1, 0.15) is 22.5 Å². The molecule has 0 bridgehead atoms. The maximum absolute atomic E-state index is 12.5. The number of nitrogens with zero attached hydrogens (tertiary/aromatic N) is 4. The van der Waals surface area contributed by atoms with Crippen LogP contribution in [0.4, 0.5) is 0 Å². The first-order chi connectivity index (χ1) is 13.7. The number of fused-ring (bicyclic) bond motifs is 1. The minimum atomic E-state index is -3.53. The summed E-state index contributed by atoms with van der Waals surface area (Å²) in [5.74, 6) is 0.320. The Hall–Kier alpha value is -2.50. The van der Waals surface area contributed by atoms with Crippen molar-refractivity contribution in [3.63, 3.8) is 0 Å². The molecule has 0 radical (unpaired) electrons. The first-order valence-corrected chi connectivity index (χ1v) is 11.5. The molecule has 2 aromatic heterocycles. The van der Waals surface area contributed by atoms with E-state index in [4.69, 9.17) is 0 Å². The van der Waals surface area contributed by atoms with Crippen LogP contribution < -0.4 is 10.0 Å². The first-order valence-electron chi connectivity index (χ1n) is 8.81. The normalized spacial score (nSPS) is 11.7. The third kappa shape index (κ3) is 4.57. The molecule has 0 aliphatic carbocycles. The van der Waals surface area contributed by atoms with Crippen LogP contribution in [0, 0.1) is 13.8 Å². The summed E-state index contributed by atoms with van der Waals surface area (Å²) >= 11 is 1.43. The minimum Gasteiger partial charge on any atom is -0.352 e.